The highest BCUT2D eigenvalue weighted by atomic mass is 16.5. The molecule has 1 aliphatic carbocycles. The summed E-state index contributed by atoms with van der Waals surface area (Å²) in [5.41, 5.74) is 2.12. The van der Waals surface area contributed by atoms with Crippen molar-refractivity contribution in [2.24, 2.45) is 5.92 Å². The molecule has 3 heteroatoms. The molecule has 1 saturated carbocycles. The summed E-state index contributed by atoms with van der Waals surface area (Å²) in [6.45, 7) is 2.32. The van der Waals surface area contributed by atoms with Crippen LogP contribution in [0.4, 0.5) is 0 Å². The van der Waals surface area contributed by atoms with E-state index in [1.807, 2.05) is 18.2 Å². The van der Waals surface area contributed by atoms with E-state index in [0.717, 1.165) is 28.5 Å². The van der Waals surface area contributed by atoms with Crippen LogP contribution in [-0.2, 0) is 0 Å². The van der Waals surface area contributed by atoms with Crippen LogP contribution in [-0.4, -0.2) is 17.1 Å². The van der Waals surface area contributed by atoms with Gasteiger partial charge < -0.3 is 9.72 Å². The van der Waals surface area contributed by atoms with Crippen LogP contribution in [0.5, 0.6) is 5.75 Å². The van der Waals surface area contributed by atoms with Gasteiger partial charge in [-0.25, -0.2) is 4.98 Å². The lowest BCUT2D eigenvalue weighted by Gasteiger charge is -2.11. The molecule has 0 bridgehead atoms. The molecule has 3 rings (SSSR count). The molecule has 1 N–H and O–H groups in total. The standard InChI is InChI=1S/C14H18N2O/c1-9-4-3-5-11(9)14-15-12-7-6-10(17-2)8-13(12)16-14/h6-9,11H,3-5H2,1-2H3,(H,15,16). The zero-order valence-corrected chi connectivity index (χ0v) is 10.4. The molecule has 0 spiro atoms. The normalized spacial score (nSPS) is 24.4. The molecular weight excluding hydrogens is 212 g/mol. The first-order valence-corrected chi connectivity index (χ1v) is 6.31. The van der Waals surface area contributed by atoms with Gasteiger partial charge in [-0.3, -0.25) is 0 Å². The van der Waals surface area contributed by atoms with Gasteiger partial charge in [0.2, 0.25) is 0 Å². The quantitative estimate of drug-likeness (QED) is 0.857. The van der Waals surface area contributed by atoms with Crippen LogP contribution in [0.25, 0.3) is 11.0 Å². The zero-order valence-electron chi connectivity index (χ0n) is 10.4. The Kier molecular flexibility index (Phi) is 2.54. The van der Waals surface area contributed by atoms with Crippen LogP contribution in [0, 0.1) is 5.92 Å². The number of methoxy groups -OCH3 is 1. The van der Waals surface area contributed by atoms with Gasteiger partial charge in [0.05, 0.1) is 18.1 Å². The molecule has 1 fully saturated rings. The van der Waals surface area contributed by atoms with E-state index in [1.165, 1.54) is 19.3 Å². The minimum absolute atomic E-state index is 0.605. The number of aromatic amines is 1. The van der Waals surface area contributed by atoms with E-state index in [0.29, 0.717) is 5.92 Å². The number of H-pyrrole nitrogens is 1. The Morgan fingerprint density at radius 3 is 2.94 bits per heavy atom. The van der Waals surface area contributed by atoms with Crippen molar-refractivity contribution in [3.8, 4) is 5.75 Å². The third-order valence-corrected chi connectivity index (χ3v) is 3.92. The predicted molar refractivity (Wildman–Crippen MR) is 68.4 cm³/mol. The molecule has 17 heavy (non-hydrogen) atoms. The Labute approximate surface area is 101 Å². The minimum Gasteiger partial charge on any atom is -0.497 e. The fourth-order valence-corrected chi connectivity index (χ4v) is 2.86. The summed E-state index contributed by atoms with van der Waals surface area (Å²) < 4.78 is 5.23. The number of rotatable bonds is 2. The first-order chi connectivity index (χ1) is 8.28. The number of aromatic nitrogens is 2. The second-order valence-corrected chi connectivity index (χ2v) is 5.02. The second-order valence-electron chi connectivity index (χ2n) is 5.02. The third-order valence-electron chi connectivity index (χ3n) is 3.92. The van der Waals surface area contributed by atoms with Gasteiger partial charge in [0, 0.05) is 12.0 Å². The summed E-state index contributed by atoms with van der Waals surface area (Å²) in [6, 6.07) is 6.00. The fraction of sp³-hybridized carbons (Fsp3) is 0.500. The van der Waals surface area contributed by atoms with E-state index < -0.39 is 0 Å². The molecule has 2 aromatic rings. The lowest BCUT2D eigenvalue weighted by atomic mass is 9.98. The van der Waals surface area contributed by atoms with Crippen molar-refractivity contribution >= 4 is 11.0 Å². The summed E-state index contributed by atoms with van der Waals surface area (Å²) >= 11 is 0. The summed E-state index contributed by atoms with van der Waals surface area (Å²) in [6.07, 6.45) is 3.91. The first kappa shape index (κ1) is 10.6. The van der Waals surface area contributed by atoms with Gasteiger partial charge in [0.25, 0.3) is 0 Å². The predicted octanol–water partition coefficient (Wildman–Crippen LogP) is 3.48. The number of nitrogens with zero attached hydrogens (tertiary/aromatic N) is 1. The fourth-order valence-electron chi connectivity index (χ4n) is 2.86. The number of hydrogen-bond acceptors (Lipinski definition) is 2. The Morgan fingerprint density at radius 1 is 1.35 bits per heavy atom. The molecule has 1 aromatic heterocycles. The Bertz CT molecular complexity index is 532. The van der Waals surface area contributed by atoms with E-state index in [1.54, 1.807) is 7.11 Å². The summed E-state index contributed by atoms with van der Waals surface area (Å²) in [4.78, 5) is 8.16. The van der Waals surface area contributed by atoms with Crippen molar-refractivity contribution in [3.63, 3.8) is 0 Å². The van der Waals surface area contributed by atoms with Crippen LogP contribution < -0.4 is 4.74 Å². The summed E-state index contributed by atoms with van der Waals surface area (Å²) in [5, 5.41) is 0. The van der Waals surface area contributed by atoms with Crippen LogP contribution in [0.1, 0.15) is 37.9 Å². The topological polar surface area (TPSA) is 37.9 Å². The molecule has 0 aliphatic heterocycles. The highest BCUT2D eigenvalue weighted by Crippen LogP contribution is 2.38. The highest BCUT2D eigenvalue weighted by Gasteiger charge is 2.27. The molecule has 2 unspecified atom stereocenters. The Balaban J connectivity index is 2.01. The van der Waals surface area contributed by atoms with E-state index in [-0.39, 0.29) is 0 Å². The third kappa shape index (κ3) is 1.79. The van der Waals surface area contributed by atoms with Crippen molar-refractivity contribution in [1.82, 2.24) is 9.97 Å². The highest BCUT2D eigenvalue weighted by molar-refractivity contribution is 5.76. The minimum atomic E-state index is 0.605. The van der Waals surface area contributed by atoms with E-state index in [2.05, 4.69) is 11.9 Å². The van der Waals surface area contributed by atoms with Crippen LogP contribution in [0.15, 0.2) is 18.2 Å². The zero-order chi connectivity index (χ0) is 11.8. The van der Waals surface area contributed by atoms with Crippen LogP contribution in [0.2, 0.25) is 0 Å². The number of benzene rings is 1. The molecule has 3 nitrogen and oxygen atoms in total. The first-order valence-electron chi connectivity index (χ1n) is 6.31. The lowest BCUT2D eigenvalue weighted by molar-refractivity contribution is 0.415. The van der Waals surface area contributed by atoms with Gasteiger partial charge in [0.15, 0.2) is 0 Å². The Morgan fingerprint density at radius 2 is 2.24 bits per heavy atom. The van der Waals surface area contributed by atoms with Crippen molar-refractivity contribution in [1.29, 1.82) is 0 Å². The summed E-state index contributed by atoms with van der Waals surface area (Å²) in [7, 11) is 1.69. The van der Waals surface area contributed by atoms with Gasteiger partial charge in [0.1, 0.15) is 11.6 Å². The maximum Gasteiger partial charge on any atom is 0.121 e. The van der Waals surface area contributed by atoms with Gasteiger partial charge in [-0.2, -0.15) is 0 Å². The molecule has 1 heterocycles. The maximum atomic E-state index is 5.23. The van der Waals surface area contributed by atoms with Gasteiger partial charge in [-0.1, -0.05) is 13.3 Å². The smallest absolute Gasteiger partial charge is 0.121 e. The Hall–Kier alpha value is -1.51. The van der Waals surface area contributed by atoms with Gasteiger partial charge in [-0.05, 0) is 30.9 Å². The van der Waals surface area contributed by atoms with E-state index in [9.17, 15) is 0 Å². The van der Waals surface area contributed by atoms with Crippen molar-refractivity contribution in [2.45, 2.75) is 32.1 Å². The number of fused-ring (bicyclic) bond motifs is 1. The molecule has 1 aliphatic rings. The molecule has 0 radical (unpaired) electrons. The summed E-state index contributed by atoms with van der Waals surface area (Å²) in [5.74, 6) is 3.39. The second kappa shape index (κ2) is 4.06. The van der Waals surface area contributed by atoms with Crippen molar-refractivity contribution in [3.05, 3.63) is 24.0 Å². The molecule has 1 aromatic carbocycles. The average Bonchev–Trinajstić information content (AvgIpc) is 2.93. The van der Waals surface area contributed by atoms with Crippen LogP contribution in [0.3, 0.4) is 0 Å². The van der Waals surface area contributed by atoms with Gasteiger partial charge >= 0.3 is 0 Å². The lowest BCUT2D eigenvalue weighted by Crippen LogP contribution is -2.03. The van der Waals surface area contributed by atoms with E-state index >= 15 is 0 Å². The maximum absolute atomic E-state index is 5.23. The molecule has 90 valence electrons. The average molecular weight is 230 g/mol. The monoisotopic (exact) mass is 230 g/mol. The molecule has 0 saturated heterocycles. The SMILES string of the molecule is COc1ccc2nc(C3CCCC3C)[nH]c2c1. The molecule has 2 atom stereocenters. The molecule has 0 amide bonds. The number of hydrogen-bond donors (Lipinski definition) is 1. The molecular formula is C14H18N2O. The number of imidazole rings is 1. The van der Waals surface area contributed by atoms with E-state index in [4.69, 9.17) is 9.72 Å². The largest absolute Gasteiger partial charge is 0.497 e. The van der Waals surface area contributed by atoms with Crippen LogP contribution >= 0.6 is 0 Å². The van der Waals surface area contributed by atoms with Gasteiger partial charge in [-0.15, -0.1) is 0 Å². The number of nitrogens with one attached hydrogen (secondary N) is 1. The number of ether oxygens (including phenoxy) is 1. The van der Waals surface area contributed by atoms with Crippen molar-refractivity contribution in [2.75, 3.05) is 7.11 Å². The van der Waals surface area contributed by atoms with Crippen molar-refractivity contribution < 1.29 is 4.74 Å².